The first-order chi connectivity index (χ1) is 5.84. The fraction of sp³-hybridized carbons (Fsp3) is 0.667. The van der Waals surface area contributed by atoms with E-state index in [4.69, 9.17) is 4.52 Å². The van der Waals surface area contributed by atoms with Gasteiger partial charge in [0.2, 0.25) is 0 Å². The summed E-state index contributed by atoms with van der Waals surface area (Å²) in [6.45, 7) is 6.07. The Balaban J connectivity index is 2.20. The molecule has 0 aromatic carbocycles. The predicted octanol–water partition coefficient (Wildman–Crippen LogP) is 1.87. The molecule has 0 spiro atoms. The Bertz CT molecular complexity index is 220. The molecule has 3 nitrogen and oxygen atoms in total. The Morgan fingerprint density at radius 2 is 2.42 bits per heavy atom. The smallest absolute Gasteiger partial charge is 0.127 e. The van der Waals surface area contributed by atoms with Crippen molar-refractivity contribution in [2.75, 3.05) is 6.54 Å². The molecule has 1 aromatic heterocycles. The van der Waals surface area contributed by atoms with Crippen LogP contribution in [0.3, 0.4) is 0 Å². The highest BCUT2D eigenvalue weighted by molar-refractivity contribution is 5.11. The lowest BCUT2D eigenvalue weighted by Crippen LogP contribution is -2.15. The minimum Gasteiger partial charge on any atom is -0.364 e. The van der Waals surface area contributed by atoms with Crippen molar-refractivity contribution in [3.8, 4) is 0 Å². The topological polar surface area (TPSA) is 38.1 Å². The average Bonchev–Trinajstić information content (AvgIpc) is 2.46. The van der Waals surface area contributed by atoms with Gasteiger partial charge in [0.05, 0.1) is 0 Å². The molecule has 0 saturated carbocycles. The molecule has 68 valence electrons. The van der Waals surface area contributed by atoms with E-state index in [1.54, 1.807) is 6.26 Å². The van der Waals surface area contributed by atoms with Crippen LogP contribution in [0.4, 0.5) is 0 Å². The zero-order chi connectivity index (χ0) is 8.81. The summed E-state index contributed by atoms with van der Waals surface area (Å²) in [5.74, 6) is 0. The highest BCUT2D eigenvalue weighted by Crippen LogP contribution is 2.03. The summed E-state index contributed by atoms with van der Waals surface area (Å²) in [5, 5.41) is 7.18. The quantitative estimate of drug-likeness (QED) is 0.682. The van der Waals surface area contributed by atoms with E-state index in [0.29, 0.717) is 0 Å². The lowest BCUT2D eigenvalue weighted by Gasteiger charge is -2.00. The molecule has 0 fully saturated rings. The molecule has 1 heterocycles. The molecule has 0 aliphatic rings. The summed E-state index contributed by atoms with van der Waals surface area (Å²) >= 11 is 0. The Morgan fingerprint density at radius 1 is 1.58 bits per heavy atom. The number of rotatable bonds is 5. The van der Waals surface area contributed by atoms with Gasteiger partial charge in [0.25, 0.3) is 0 Å². The van der Waals surface area contributed by atoms with E-state index >= 15 is 0 Å². The van der Waals surface area contributed by atoms with Crippen molar-refractivity contribution in [3.05, 3.63) is 17.5 Å². The van der Waals surface area contributed by atoms with Gasteiger partial charge in [0, 0.05) is 12.1 Å². The monoisotopic (exact) mass is 168 g/mol. The van der Waals surface area contributed by atoms with Gasteiger partial charge in [-0.2, -0.15) is 0 Å². The van der Waals surface area contributed by atoms with Crippen molar-refractivity contribution in [1.82, 2.24) is 10.5 Å². The van der Waals surface area contributed by atoms with Crippen LogP contribution < -0.4 is 5.32 Å². The van der Waals surface area contributed by atoms with Gasteiger partial charge in [-0.1, -0.05) is 18.5 Å². The van der Waals surface area contributed by atoms with Gasteiger partial charge >= 0.3 is 0 Å². The second-order valence-corrected chi connectivity index (χ2v) is 2.97. The Hall–Kier alpha value is -0.830. The van der Waals surface area contributed by atoms with Gasteiger partial charge in [-0.25, -0.2) is 0 Å². The summed E-state index contributed by atoms with van der Waals surface area (Å²) in [6.07, 6.45) is 4.12. The van der Waals surface area contributed by atoms with Gasteiger partial charge in [0.1, 0.15) is 12.0 Å². The maximum atomic E-state index is 4.81. The Kier molecular flexibility index (Phi) is 3.80. The third-order valence-corrected chi connectivity index (χ3v) is 1.85. The summed E-state index contributed by atoms with van der Waals surface area (Å²) in [6, 6.07) is 0. The molecule has 0 aliphatic heterocycles. The first-order valence-electron chi connectivity index (χ1n) is 4.45. The van der Waals surface area contributed by atoms with Crippen LogP contribution in [0.5, 0.6) is 0 Å². The summed E-state index contributed by atoms with van der Waals surface area (Å²) in [5.41, 5.74) is 2.14. The number of aryl methyl sites for hydroxylation is 1. The third kappa shape index (κ3) is 2.66. The standard InChI is InChI=1S/C9H16N2O/c1-3-4-5-10-6-9-8(2)7-12-11-9/h7,10H,3-6H2,1-2H3. The molecule has 0 radical (unpaired) electrons. The van der Waals surface area contributed by atoms with Crippen molar-refractivity contribution in [2.24, 2.45) is 0 Å². The fourth-order valence-corrected chi connectivity index (χ4v) is 0.989. The van der Waals surface area contributed by atoms with Crippen LogP contribution in [0.1, 0.15) is 31.0 Å². The van der Waals surface area contributed by atoms with Crippen LogP contribution >= 0.6 is 0 Å². The van der Waals surface area contributed by atoms with Gasteiger partial charge in [0.15, 0.2) is 0 Å². The van der Waals surface area contributed by atoms with Crippen LogP contribution in [0, 0.1) is 6.92 Å². The second-order valence-electron chi connectivity index (χ2n) is 2.97. The SMILES string of the molecule is CCCCNCc1nocc1C. The zero-order valence-corrected chi connectivity index (χ0v) is 7.76. The van der Waals surface area contributed by atoms with Gasteiger partial charge in [-0.05, 0) is 19.9 Å². The highest BCUT2D eigenvalue weighted by Gasteiger charge is 2.00. The van der Waals surface area contributed by atoms with E-state index < -0.39 is 0 Å². The number of hydrogen-bond donors (Lipinski definition) is 1. The van der Waals surface area contributed by atoms with Gasteiger partial charge in [-0.15, -0.1) is 0 Å². The molecular formula is C9H16N2O. The van der Waals surface area contributed by atoms with Crippen LogP contribution in [0.25, 0.3) is 0 Å². The van der Waals surface area contributed by atoms with E-state index in [9.17, 15) is 0 Å². The lowest BCUT2D eigenvalue weighted by molar-refractivity contribution is 0.408. The molecule has 3 heteroatoms. The Labute approximate surface area is 73.1 Å². The van der Waals surface area contributed by atoms with E-state index in [-0.39, 0.29) is 0 Å². The molecule has 0 bridgehead atoms. The molecule has 0 saturated heterocycles. The maximum absolute atomic E-state index is 4.81. The van der Waals surface area contributed by atoms with Crippen molar-refractivity contribution < 1.29 is 4.52 Å². The van der Waals surface area contributed by atoms with Gasteiger partial charge < -0.3 is 9.84 Å². The molecule has 1 N–H and O–H groups in total. The summed E-state index contributed by atoms with van der Waals surface area (Å²) in [4.78, 5) is 0. The van der Waals surface area contributed by atoms with Crippen LogP contribution in [-0.4, -0.2) is 11.7 Å². The number of aromatic nitrogens is 1. The fourth-order valence-electron chi connectivity index (χ4n) is 0.989. The molecule has 0 aliphatic carbocycles. The largest absolute Gasteiger partial charge is 0.364 e. The van der Waals surface area contributed by atoms with Crippen LogP contribution in [0.15, 0.2) is 10.8 Å². The molecule has 0 unspecified atom stereocenters. The van der Waals surface area contributed by atoms with E-state index in [2.05, 4.69) is 17.4 Å². The van der Waals surface area contributed by atoms with Crippen molar-refractivity contribution >= 4 is 0 Å². The number of nitrogens with zero attached hydrogens (tertiary/aromatic N) is 1. The highest BCUT2D eigenvalue weighted by atomic mass is 16.5. The second kappa shape index (κ2) is 4.93. The van der Waals surface area contributed by atoms with Crippen molar-refractivity contribution in [3.63, 3.8) is 0 Å². The first kappa shape index (κ1) is 9.26. The molecular weight excluding hydrogens is 152 g/mol. The molecule has 12 heavy (non-hydrogen) atoms. The van der Waals surface area contributed by atoms with Gasteiger partial charge in [-0.3, -0.25) is 0 Å². The molecule has 0 amide bonds. The molecule has 0 atom stereocenters. The molecule has 1 aromatic rings. The average molecular weight is 168 g/mol. The van der Waals surface area contributed by atoms with E-state index in [1.165, 1.54) is 12.8 Å². The van der Waals surface area contributed by atoms with Crippen molar-refractivity contribution in [2.45, 2.75) is 33.2 Å². The Morgan fingerprint density at radius 3 is 3.00 bits per heavy atom. The van der Waals surface area contributed by atoms with E-state index in [0.717, 1.165) is 24.3 Å². The number of hydrogen-bond acceptors (Lipinski definition) is 3. The minimum absolute atomic E-state index is 0.822. The van der Waals surface area contributed by atoms with Crippen molar-refractivity contribution in [1.29, 1.82) is 0 Å². The summed E-state index contributed by atoms with van der Waals surface area (Å²) in [7, 11) is 0. The molecule has 1 rings (SSSR count). The number of nitrogens with one attached hydrogen (secondary N) is 1. The van der Waals surface area contributed by atoms with Crippen LogP contribution in [0.2, 0.25) is 0 Å². The lowest BCUT2D eigenvalue weighted by atomic mass is 10.3. The maximum Gasteiger partial charge on any atom is 0.127 e. The summed E-state index contributed by atoms with van der Waals surface area (Å²) < 4.78 is 4.81. The third-order valence-electron chi connectivity index (χ3n) is 1.85. The first-order valence-corrected chi connectivity index (χ1v) is 4.45. The zero-order valence-electron chi connectivity index (χ0n) is 7.76. The van der Waals surface area contributed by atoms with Crippen LogP contribution in [-0.2, 0) is 6.54 Å². The predicted molar refractivity (Wildman–Crippen MR) is 47.9 cm³/mol. The minimum atomic E-state index is 0.822. The van der Waals surface area contributed by atoms with E-state index in [1.807, 2.05) is 6.92 Å². The normalized spacial score (nSPS) is 10.5. The number of unbranched alkanes of at least 4 members (excludes halogenated alkanes) is 1.